The Labute approximate surface area is 182 Å². The number of nitrogens with one attached hydrogen (secondary N) is 1. The summed E-state index contributed by atoms with van der Waals surface area (Å²) in [6, 6.07) is 15.1. The van der Waals surface area contributed by atoms with Crippen LogP contribution in [0.2, 0.25) is 0 Å². The zero-order valence-electron chi connectivity index (χ0n) is 17.9. The molecule has 0 spiro atoms. The van der Waals surface area contributed by atoms with E-state index in [1.807, 2.05) is 67.3 Å². The Kier molecular flexibility index (Phi) is 6.13. The molecule has 1 aliphatic rings. The summed E-state index contributed by atoms with van der Waals surface area (Å²) in [6.07, 6.45) is 3.60. The number of amides is 1. The molecule has 2 heterocycles. The monoisotopic (exact) mass is 418 g/mol. The summed E-state index contributed by atoms with van der Waals surface area (Å²) in [5, 5.41) is 3.18. The Bertz CT molecular complexity index is 1030. The third kappa shape index (κ3) is 5.00. The minimum absolute atomic E-state index is 0.00132. The predicted molar refractivity (Wildman–Crippen MR) is 120 cm³/mol. The van der Waals surface area contributed by atoms with Crippen molar-refractivity contribution in [1.82, 2.24) is 14.9 Å². The van der Waals surface area contributed by atoms with Gasteiger partial charge in [0.15, 0.2) is 0 Å². The molecule has 3 aromatic rings. The van der Waals surface area contributed by atoms with Crippen LogP contribution in [0.15, 0.2) is 60.9 Å². The number of hydrogen-bond acceptors (Lipinski definition) is 6. The van der Waals surface area contributed by atoms with Gasteiger partial charge in [0.25, 0.3) is 5.91 Å². The molecule has 2 atom stereocenters. The second-order valence-corrected chi connectivity index (χ2v) is 7.70. The summed E-state index contributed by atoms with van der Waals surface area (Å²) in [5.41, 5.74) is 3.31. The van der Waals surface area contributed by atoms with Crippen LogP contribution in [0.1, 0.15) is 24.2 Å². The van der Waals surface area contributed by atoms with Gasteiger partial charge < -0.3 is 19.7 Å². The lowest BCUT2D eigenvalue weighted by molar-refractivity contribution is -0.0586. The minimum Gasteiger partial charge on any atom is -0.497 e. The number of ether oxygens (including phenoxy) is 2. The molecule has 1 N–H and O–H groups in total. The van der Waals surface area contributed by atoms with Gasteiger partial charge in [-0.1, -0.05) is 18.2 Å². The first-order valence-corrected chi connectivity index (χ1v) is 10.3. The maximum Gasteiger partial charge on any atom is 0.254 e. The van der Waals surface area contributed by atoms with Gasteiger partial charge in [-0.2, -0.15) is 0 Å². The molecule has 2 unspecified atom stereocenters. The van der Waals surface area contributed by atoms with Gasteiger partial charge in [-0.05, 0) is 49.7 Å². The molecule has 2 aromatic carbocycles. The highest BCUT2D eigenvalue weighted by Crippen LogP contribution is 2.23. The highest BCUT2D eigenvalue weighted by molar-refractivity contribution is 5.95. The first kappa shape index (κ1) is 20.8. The number of carbonyl (C=O) groups excluding carboxylic acids is 1. The lowest BCUT2D eigenvalue weighted by atomic mass is 10.1. The summed E-state index contributed by atoms with van der Waals surface area (Å²) < 4.78 is 10.9. The number of morpholine rings is 1. The molecule has 0 aliphatic carbocycles. The SMILES string of the molecule is COc1ccc(-c2cnc(Nc3cccc(C(=O)N4CC(C)OC(C)C4)c3)nc2)cc1. The Morgan fingerprint density at radius 2 is 1.71 bits per heavy atom. The van der Waals surface area contributed by atoms with E-state index in [4.69, 9.17) is 9.47 Å². The molecular formula is C24H26N4O3. The quantitative estimate of drug-likeness (QED) is 0.671. The summed E-state index contributed by atoms with van der Waals surface area (Å²) in [5.74, 6) is 1.27. The lowest BCUT2D eigenvalue weighted by Crippen LogP contribution is -2.48. The van der Waals surface area contributed by atoms with E-state index in [1.165, 1.54) is 0 Å². The van der Waals surface area contributed by atoms with Crippen molar-refractivity contribution >= 4 is 17.5 Å². The summed E-state index contributed by atoms with van der Waals surface area (Å²) in [7, 11) is 1.64. The molecule has 1 aromatic heterocycles. The topological polar surface area (TPSA) is 76.6 Å². The van der Waals surface area contributed by atoms with E-state index >= 15 is 0 Å². The van der Waals surface area contributed by atoms with Crippen molar-refractivity contribution in [2.75, 3.05) is 25.5 Å². The number of hydrogen-bond donors (Lipinski definition) is 1. The molecule has 1 fully saturated rings. The molecule has 4 rings (SSSR count). The van der Waals surface area contributed by atoms with Crippen LogP contribution >= 0.6 is 0 Å². The van der Waals surface area contributed by atoms with Crippen molar-refractivity contribution in [3.8, 4) is 16.9 Å². The summed E-state index contributed by atoms with van der Waals surface area (Å²) in [6.45, 7) is 5.16. The Morgan fingerprint density at radius 3 is 2.35 bits per heavy atom. The van der Waals surface area contributed by atoms with Crippen molar-refractivity contribution in [2.24, 2.45) is 0 Å². The molecule has 7 heteroatoms. The zero-order valence-corrected chi connectivity index (χ0v) is 17.9. The predicted octanol–water partition coefficient (Wildman–Crippen LogP) is 4.15. The zero-order chi connectivity index (χ0) is 21.8. The lowest BCUT2D eigenvalue weighted by Gasteiger charge is -2.35. The Morgan fingerprint density at radius 1 is 1.03 bits per heavy atom. The molecule has 0 bridgehead atoms. The van der Waals surface area contributed by atoms with E-state index in [9.17, 15) is 4.79 Å². The maximum atomic E-state index is 12.9. The van der Waals surface area contributed by atoms with Gasteiger partial charge in [-0.15, -0.1) is 0 Å². The number of aromatic nitrogens is 2. The number of methoxy groups -OCH3 is 1. The van der Waals surface area contributed by atoms with Crippen LogP contribution in [0, 0.1) is 0 Å². The van der Waals surface area contributed by atoms with Gasteiger partial charge in [-0.3, -0.25) is 4.79 Å². The molecular weight excluding hydrogens is 392 g/mol. The fraction of sp³-hybridized carbons (Fsp3) is 0.292. The Hall–Kier alpha value is -3.45. The first-order chi connectivity index (χ1) is 15.0. The van der Waals surface area contributed by atoms with E-state index in [0.29, 0.717) is 24.6 Å². The number of benzene rings is 2. The second kappa shape index (κ2) is 9.14. The summed E-state index contributed by atoms with van der Waals surface area (Å²) in [4.78, 5) is 23.6. The van der Waals surface area contributed by atoms with Crippen molar-refractivity contribution < 1.29 is 14.3 Å². The highest BCUT2D eigenvalue weighted by Gasteiger charge is 2.26. The van der Waals surface area contributed by atoms with E-state index < -0.39 is 0 Å². The average Bonchev–Trinajstić information content (AvgIpc) is 2.79. The third-order valence-electron chi connectivity index (χ3n) is 5.15. The number of anilines is 2. The number of nitrogens with zero attached hydrogens (tertiary/aromatic N) is 3. The number of rotatable bonds is 5. The molecule has 7 nitrogen and oxygen atoms in total. The number of carbonyl (C=O) groups is 1. The maximum absolute atomic E-state index is 12.9. The van der Waals surface area contributed by atoms with E-state index in [2.05, 4.69) is 15.3 Å². The van der Waals surface area contributed by atoms with Gasteiger partial charge in [0.2, 0.25) is 5.95 Å². The first-order valence-electron chi connectivity index (χ1n) is 10.3. The molecule has 0 radical (unpaired) electrons. The standard InChI is InChI=1S/C24H26N4O3/c1-16-14-28(15-17(2)31-16)23(29)19-5-4-6-21(11-19)27-24-25-12-20(13-26-24)18-7-9-22(30-3)10-8-18/h4-13,16-17H,14-15H2,1-3H3,(H,25,26,27). The second-order valence-electron chi connectivity index (χ2n) is 7.70. The highest BCUT2D eigenvalue weighted by atomic mass is 16.5. The van der Waals surface area contributed by atoms with Crippen LogP contribution in [0.5, 0.6) is 5.75 Å². The normalized spacial score (nSPS) is 18.5. The van der Waals surface area contributed by atoms with Gasteiger partial charge in [0, 0.05) is 42.3 Å². The van der Waals surface area contributed by atoms with Crippen LogP contribution in [0.4, 0.5) is 11.6 Å². The van der Waals surface area contributed by atoms with Gasteiger partial charge >= 0.3 is 0 Å². The molecule has 31 heavy (non-hydrogen) atoms. The molecule has 1 saturated heterocycles. The van der Waals surface area contributed by atoms with Crippen LogP contribution in [-0.4, -0.2) is 53.2 Å². The average molecular weight is 418 g/mol. The van der Waals surface area contributed by atoms with Crippen molar-refractivity contribution in [3.05, 3.63) is 66.5 Å². The van der Waals surface area contributed by atoms with Crippen LogP contribution < -0.4 is 10.1 Å². The molecule has 1 aliphatic heterocycles. The molecule has 0 saturated carbocycles. The van der Waals surface area contributed by atoms with Gasteiger partial charge in [0.1, 0.15) is 5.75 Å². The summed E-state index contributed by atoms with van der Waals surface area (Å²) >= 11 is 0. The van der Waals surface area contributed by atoms with E-state index in [-0.39, 0.29) is 18.1 Å². The fourth-order valence-electron chi connectivity index (χ4n) is 3.71. The smallest absolute Gasteiger partial charge is 0.254 e. The van der Waals surface area contributed by atoms with E-state index in [1.54, 1.807) is 19.5 Å². The molecule has 160 valence electrons. The minimum atomic E-state index is 0.00132. The van der Waals surface area contributed by atoms with Crippen LogP contribution in [0.3, 0.4) is 0 Å². The van der Waals surface area contributed by atoms with Crippen LogP contribution in [-0.2, 0) is 4.74 Å². The van der Waals surface area contributed by atoms with Crippen molar-refractivity contribution in [3.63, 3.8) is 0 Å². The third-order valence-corrected chi connectivity index (χ3v) is 5.15. The fourth-order valence-corrected chi connectivity index (χ4v) is 3.71. The van der Waals surface area contributed by atoms with Gasteiger partial charge in [0.05, 0.1) is 19.3 Å². The van der Waals surface area contributed by atoms with Crippen molar-refractivity contribution in [1.29, 1.82) is 0 Å². The van der Waals surface area contributed by atoms with Gasteiger partial charge in [-0.25, -0.2) is 9.97 Å². The van der Waals surface area contributed by atoms with E-state index in [0.717, 1.165) is 22.6 Å². The Balaban J connectivity index is 1.45. The molecule has 1 amide bonds. The van der Waals surface area contributed by atoms with Crippen molar-refractivity contribution in [2.45, 2.75) is 26.1 Å². The van der Waals surface area contributed by atoms with Crippen LogP contribution in [0.25, 0.3) is 11.1 Å². The largest absolute Gasteiger partial charge is 0.497 e.